The molecule has 4 heteroatoms. The fourth-order valence-corrected chi connectivity index (χ4v) is 1.84. The molecule has 0 amide bonds. The van der Waals surface area contributed by atoms with Crippen LogP contribution in [0.25, 0.3) is 0 Å². The van der Waals surface area contributed by atoms with Gasteiger partial charge in [0.2, 0.25) is 0 Å². The van der Waals surface area contributed by atoms with Crippen molar-refractivity contribution in [3.8, 4) is 0 Å². The summed E-state index contributed by atoms with van der Waals surface area (Å²) in [7, 11) is 0. The van der Waals surface area contributed by atoms with E-state index in [0.29, 0.717) is 11.7 Å². The van der Waals surface area contributed by atoms with Crippen molar-refractivity contribution < 1.29 is 0 Å². The van der Waals surface area contributed by atoms with E-state index < -0.39 is 0 Å². The minimum atomic E-state index is 0.494. The lowest BCUT2D eigenvalue weighted by Crippen LogP contribution is -2.02. The normalized spacial score (nSPS) is 10.7. The molecular weight excluding hydrogens is 236 g/mol. The molecule has 0 saturated heterocycles. The quantitative estimate of drug-likeness (QED) is 0.879. The van der Waals surface area contributed by atoms with Crippen LogP contribution < -0.4 is 11.1 Å². The van der Waals surface area contributed by atoms with Crippen LogP contribution in [0.2, 0.25) is 0 Å². The van der Waals surface area contributed by atoms with Gasteiger partial charge in [-0.05, 0) is 23.6 Å². The Bertz CT molecular complexity index is 547. The molecule has 0 unspecified atom stereocenters. The molecule has 3 N–H and O–H groups in total. The van der Waals surface area contributed by atoms with Crippen molar-refractivity contribution >= 4 is 17.3 Å². The molecule has 4 nitrogen and oxygen atoms in total. The summed E-state index contributed by atoms with van der Waals surface area (Å²) in [5.74, 6) is 2.52. The highest BCUT2D eigenvalue weighted by atomic mass is 15.0. The first-order valence-electron chi connectivity index (χ1n) is 6.59. The topological polar surface area (TPSA) is 63.8 Å². The van der Waals surface area contributed by atoms with Crippen molar-refractivity contribution in [2.24, 2.45) is 0 Å². The Hall–Kier alpha value is -2.10. The maximum absolute atomic E-state index is 5.76. The Labute approximate surface area is 114 Å². The number of nitrogens with two attached hydrogens (primary N) is 1. The lowest BCUT2D eigenvalue weighted by atomic mass is 10.0. The lowest BCUT2D eigenvalue weighted by molar-refractivity contribution is 0.867. The molecule has 1 heterocycles. The Morgan fingerprint density at radius 3 is 2.42 bits per heavy atom. The molecule has 100 valence electrons. The number of benzene rings is 1. The van der Waals surface area contributed by atoms with Gasteiger partial charge in [0, 0.05) is 18.2 Å². The zero-order chi connectivity index (χ0) is 13.8. The zero-order valence-corrected chi connectivity index (χ0v) is 11.6. The van der Waals surface area contributed by atoms with Gasteiger partial charge in [0.25, 0.3) is 0 Å². The van der Waals surface area contributed by atoms with Gasteiger partial charge < -0.3 is 11.1 Å². The first kappa shape index (κ1) is 13.3. The summed E-state index contributed by atoms with van der Waals surface area (Å²) in [5, 5.41) is 3.25. The highest BCUT2D eigenvalue weighted by Crippen LogP contribution is 2.20. The highest BCUT2D eigenvalue weighted by Gasteiger charge is 2.03. The largest absolute Gasteiger partial charge is 0.384 e. The Morgan fingerprint density at radius 2 is 1.84 bits per heavy atom. The van der Waals surface area contributed by atoms with E-state index in [-0.39, 0.29) is 0 Å². The minimum absolute atomic E-state index is 0.494. The number of anilines is 3. The van der Waals surface area contributed by atoms with Crippen molar-refractivity contribution in [3.63, 3.8) is 0 Å². The third-order valence-electron chi connectivity index (χ3n) is 2.96. The summed E-state index contributed by atoms with van der Waals surface area (Å²) in [6.45, 7) is 6.37. The van der Waals surface area contributed by atoms with Gasteiger partial charge in [-0.25, -0.2) is 9.97 Å². The predicted octanol–water partition coefficient (Wildman–Crippen LogP) is 3.49. The molecule has 0 saturated carbocycles. The first-order chi connectivity index (χ1) is 9.08. The summed E-state index contributed by atoms with van der Waals surface area (Å²) in [6, 6.07) is 10.1. The van der Waals surface area contributed by atoms with Gasteiger partial charge >= 0.3 is 0 Å². The molecule has 0 radical (unpaired) electrons. The van der Waals surface area contributed by atoms with Crippen molar-refractivity contribution in [3.05, 3.63) is 41.7 Å². The van der Waals surface area contributed by atoms with Gasteiger partial charge in [0.15, 0.2) is 0 Å². The standard InChI is InChI=1S/C15H20N4/c1-4-14-18-13(16)9-15(19-14)17-12-7-5-11(6-8-12)10(2)3/h5-10H,4H2,1-3H3,(H3,16,17,18,19). The van der Waals surface area contributed by atoms with E-state index in [4.69, 9.17) is 5.73 Å². The molecule has 1 aromatic heterocycles. The van der Waals surface area contributed by atoms with Gasteiger partial charge in [-0.15, -0.1) is 0 Å². The number of hydrogen-bond donors (Lipinski definition) is 2. The average molecular weight is 256 g/mol. The second-order valence-corrected chi connectivity index (χ2v) is 4.85. The molecule has 2 aromatic rings. The van der Waals surface area contributed by atoms with Crippen molar-refractivity contribution in [1.82, 2.24) is 9.97 Å². The molecular formula is C15H20N4. The molecule has 0 aliphatic rings. The van der Waals surface area contributed by atoms with Crippen LogP contribution in [0, 0.1) is 0 Å². The number of nitrogens with zero attached hydrogens (tertiary/aromatic N) is 2. The SMILES string of the molecule is CCc1nc(N)cc(Nc2ccc(C(C)C)cc2)n1. The monoisotopic (exact) mass is 256 g/mol. The maximum atomic E-state index is 5.76. The fraction of sp³-hybridized carbons (Fsp3) is 0.333. The van der Waals surface area contributed by atoms with E-state index in [1.54, 1.807) is 6.07 Å². The number of aromatic nitrogens is 2. The molecule has 2 rings (SSSR count). The molecule has 0 fully saturated rings. The van der Waals surface area contributed by atoms with Crippen LogP contribution in [-0.2, 0) is 6.42 Å². The van der Waals surface area contributed by atoms with E-state index >= 15 is 0 Å². The van der Waals surface area contributed by atoms with Gasteiger partial charge in [-0.2, -0.15) is 0 Å². The van der Waals surface area contributed by atoms with E-state index in [1.165, 1.54) is 5.56 Å². The maximum Gasteiger partial charge on any atom is 0.136 e. The van der Waals surface area contributed by atoms with Gasteiger partial charge in [0.1, 0.15) is 17.5 Å². The van der Waals surface area contributed by atoms with Crippen LogP contribution in [-0.4, -0.2) is 9.97 Å². The number of nitrogen functional groups attached to an aromatic ring is 1. The summed E-state index contributed by atoms with van der Waals surface area (Å²) in [4.78, 5) is 8.56. The van der Waals surface area contributed by atoms with Crippen molar-refractivity contribution in [1.29, 1.82) is 0 Å². The third kappa shape index (κ3) is 3.44. The molecule has 1 aromatic carbocycles. The number of aryl methyl sites for hydroxylation is 1. The molecule has 0 atom stereocenters. The van der Waals surface area contributed by atoms with Crippen LogP contribution in [0.1, 0.15) is 38.1 Å². The van der Waals surface area contributed by atoms with Crippen LogP contribution in [0.4, 0.5) is 17.3 Å². The molecule has 19 heavy (non-hydrogen) atoms. The molecule has 0 aliphatic carbocycles. The van der Waals surface area contributed by atoms with E-state index in [0.717, 1.165) is 23.8 Å². The highest BCUT2D eigenvalue weighted by molar-refractivity contribution is 5.58. The summed E-state index contributed by atoms with van der Waals surface area (Å²) >= 11 is 0. The number of hydrogen-bond acceptors (Lipinski definition) is 4. The van der Waals surface area contributed by atoms with E-state index in [2.05, 4.69) is 53.4 Å². The minimum Gasteiger partial charge on any atom is -0.384 e. The summed E-state index contributed by atoms with van der Waals surface area (Å²) in [6.07, 6.45) is 0.770. The summed E-state index contributed by atoms with van der Waals surface area (Å²) in [5.41, 5.74) is 8.09. The summed E-state index contributed by atoms with van der Waals surface area (Å²) < 4.78 is 0. The molecule has 0 spiro atoms. The Balaban J connectivity index is 2.18. The predicted molar refractivity (Wildman–Crippen MR) is 79.6 cm³/mol. The smallest absolute Gasteiger partial charge is 0.136 e. The Kier molecular flexibility index (Phi) is 4.00. The number of nitrogens with one attached hydrogen (secondary N) is 1. The van der Waals surface area contributed by atoms with Crippen LogP contribution in [0.5, 0.6) is 0 Å². The van der Waals surface area contributed by atoms with E-state index in [1.807, 2.05) is 6.92 Å². The van der Waals surface area contributed by atoms with Crippen molar-refractivity contribution in [2.45, 2.75) is 33.1 Å². The van der Waals surface area contributed by atoms with Gasteiger partial charge in [-0.1, -0.05) is 32.9 Å². The second kappa shape index (κ2) is 5.69. The first-order valence-corrected chi connectivity index (χ1v) is 6.59. The van der Waals surface area contributed by atoms with Crippen molar-refractivity contribution in [2.75, 3.05) is 11.1 Å². The lowest BCUT2D eigenvalue weighted by Gasteiger charge is -2.10. The van der Waals surface area contributed by atoms with E-state index in [9.17, 15) is 0 Å². The van der Waals surface area contributed by atoms with Crippen LogP contribution in [0.15, 0.2) is 30.3 Å². The van der Waals surface area contributed by atoms with Crippen LogP contribution >= 0.6 is 0 Å². The molecule has 0 aliphatic heterocycles. The molecule has 0 bridgehead atoms. The van der Waals surface area contributed by atoms with Crippen LogP contribution in [0.3, 0.4) is 0 Å². The Morgan fingerprint density at radius 1 is 1.16 bits per heavy atom. The van der Waals surface area contributed by atoms with Gasteiger partial charge in [-0.3, -0.25) is 0 Å². The third-order valence-corrected chi connectivity index (χ3v) is 2.96. The van der Waals surface area contributed by atoms with Gasteiger partial charge in [0.05, 0.1) is 0 Å². The number of rotatable bonds is 4. The average Bonchev–Trinajstić information content (AvgIpc) is 2.38. The zero-order valence-electron chi connectivity index (χ0n) is 11.6. The second-order valence-electron chi connectivity index (χ2n) is 4.85. The fourth-order valence-electron chi connectivity index (χ4n) is 1.84.